The molecule has 0 radical (unpaired) electrons. The first-order chi connectivity index (χ1) is 9.37. The van der Waals surface area contributed by atoms with E-state index in [9.17, 15) is 19.8 Å². The van der Waals surface area contributed by atoms with E-state index in [-0.39, 0.29) is 12.5 Å². The summed E-state index contributed by atoms with van der Waals surface area (Å²) in [6, 6.07) is 1.15. The van der Waals surface area contributed by atoms with Gasteiger partial charge in [0.1, 0.15) is 6.10 Å². The zero-order chi connectivity index (χ0) is 14.9. The van der Waals surface area contributed by atoms with E-state index in [1.54, 1.807) is 13.8 Å². The van der Waals surface area contributed by atoms with Gasteiger partial charge < -0.3 is 19.7 Å². The van der Waals surface area contributed by atoms with Gasteiger partial charge in [0.2, 0.25) is 0 Å². The Morgan fingerprint density at radius 2 is 2.30 bits per heavy atom. The number of aromatic nitrogens is 2. The third kappa shape index (κ3) is 2.83. The van der Waals surface area contributed by atoms with E-state index >= 15 is 0 Å². The third-order valence-electron chi connectivity index (χ3n) is 3.00. The Hall–Kier alpha value is -1.48. The van der Waals surface area contributed by atoms with E-state index in [2.05, 4.69) is 4.98 Å². The maximum Gasteiger partial charge on any atom is 0.330 e. The number of hydrogen-bond donors (Lipinski definition) is 3. The van der Waals surface area contributed by atoms with Crippen LogP contribution in [0.1, 0.15) is 26.5 Å². The molecule has 0 spiro atoms. The smallest absolute Gasteiger partial charge is 0.330 e. The molecule has 2 rings (SSSR count). The summed E-state index contributed by atoms with van der Waals surface area (Å²) >= 11 is 0. The molecule has 1 saturated heterocycles. The van der Waals surface area contributed by atoms with E-state index in [4.69, 9.17) is 9.47 Å². The van der Waals surface area contributed by atoms with Crippen molar-refractivity contribution in [2.24, 2.45) is 0 Å². The van der Waals surface area contributed by atoms with Crippen LogP contribution in [0.25, 0.3) is 0 Å². The Bertz CT molecular complexity index is 580. The number of aromatic amines is 1. The Morgan fingerprint density at radius 3 is 2.85 bits per heavy atom. The fourth-order valence-corrected chi connectivity index (χ4v) is 2.28. The topological polar surface area (TPSA) is 114 Å². The van der Waals surface area contributed by atoms with E-state index in [0.717, 1.165) is 10.6 Å². The van der Waals surface area contributed by atoms with Crippen LogP contribution in [-0.2, 0) is 9.47 Å². The summed E-state index contributed by atoms with van der Waals surface area (Å²) in [5.41, 5.74) is -1.23. The average molecular weight is 286 g/mol. The number of nitrogens with one attached hydrogen (secondary N) is 1. The van der Waals surface area contributed by atoms with Gasteiger partial charge >= 0.3 is 5.69 Å². The Labute approximate surface area is 114 Å². The number of H-pyrrole nitrogens is 1. The highest BCUT2D eigenvalue weighted by molar-refractivity contribution is 4.91. The molecule has 3 unspecified atom stereocenters. The Balaban J connectivity index is 2.30. The summed E-state index contributed by atoms with van der Waals surface area (Å²) in [4.78, 5) is 24.8. The van der Waals surface area contributed by atoms with Gasteiger partial charge in [-0.3, -0.25) is 14.3 Å². The zero-order valence-electron chi connectivity index (χ0n) is 11.3. The van der Waals surface area contributed by atoms with Crippen LogP contribution >= 0.6 is 0 Å². The van der Waals surface area contributed by atoms with Crippen molar-refractivity contribution in [1.29, 1.82) is 0 Å². The van der Waals surface area contributed by atoms with Gasteiger partial charge in [0, 0.05) is 18.7 Å². The first-order valence-corrected chi connectivity index (χ1v) is 6.33. The number of rotatable bonds is 4. The highest BCUT2D eigenvalue weighted by atomic mass is 16.7. The van der Waals surface area contributed by atoms with Crippen LogP contribution in [-0.4, -0.2) is 44.4 Å². The van der Waals surface area contributed by atoms with Gasteiger partial charge in [-0.15, -0.1) is 0 Å². The second kappa shape index (κ2) is 5.49. The second-order valence-electron chi connectivity index (χ2n) is 5.03. The lowest BCUT2D eigenvalue weighted by molar-refractivity contribution is -0.270. The molecular weight excluding hydrogens is 268 g/mol. The fraction of sp³-hybridized carbons (Fsp3) is 0.667. The summed E-state index contributed by atoms with van der Waals surface area (Å²) in [6.07, 6.45) is -1.02. The molecule has 0 saturated carbocycles. The number of nitrogens with zero attached hydrogens (tertiary/aromatic N) is 1. The summed E-state index contributed by atoms with van der Waals surface area (Å²) in [6.45, 7) is 3.09. The lowest BCUT2D eigenvalue weighted by atomic mass is 10.1. The van der Waals surface area contributed by atoms with Crippen molar-refractivity contribution in [1.82, 2.24) is 9.55 Å². The molecule has 112 valence electrons. The first kappa shape index (κ1) is 14.9. The van der Waals surface area contributed by atoms with Gasteiger partial charge in [0.25, 0.3) is 5.56 Å². The van der Waals surface area contributed by atoms with Crippen LogP contribution < -0.4 is 11.2 Å². The number of ether oxygens (including phenoxy) is 2. The fourth-order valence-electron chi connectivity index (χ4n) is 2.28. The molecule has 20 heavy (non-hydrogen) atoms. The molecule has 1 fully saturated rings. The molecule has 2 heterocycles. The van der Waals surface area contributed by atoms with Crippen LogP contribution in [0, 0.1) is 0 Å². The van der Waals surface area contributed by atoms with Crippen molar-refractivity contribution in [2.45, 2.75) is 44.5 Å². The van der Waals surface area contributed by atoms with Crippen molar-refractivity contribution in [2.75, 3.05) is 6.61 Å². The lowest BCUT2D eigenvalue weighted by Gasteiger charge is -2.29. The van der Waals surface area contributed by atoms with Crippen LogP contribution in [0.15, 0.2) is 21.9 Å². The average Bonchev–Trinajstić information content (AvgIpc) is 2.66. The number of hydrogen-bond acceptors (Lipinski definition) is 6. The Kier molecular flexibility index (Phi) is 4.09. The van der Waals surface area contributed by atoms with Crippen LogP contribution in [0.2, 0.25) is 0 Å². The summed E-state index contributed by atoms with van der Waals surface area (Å²) < 4.78 is 12.1. The van der Waals surface area contributed by atoms with Crippen LogP contribution in [0.4, 0.5) is 0 Å². The molecule has 0 bridgehead atoms. The zero-order valence-corrected chi connectivity index (χ0v) is 11.3. The molecule has 0 aromatic carbocycles. The molecule has 1 aliphatic heterocycles. The molecule has 1 aromatic rings. The first-order valence-electron chi connectivity index (χ1n) is 6.33. The molecule has 3 atom stereocenters. The van der Waals surface area contributed by atoms with E-state index in [1.807, 2.05) is 0 Å². The molecule has 8 nitrogen and oxygen atoms in total. The molecule has 1 aromatic heterocycles. The predicted molar refractivity (Wildman–Crippen MR) is 68.1 cm³/mol. The SMILES string of the molecule is CC(C)OC1(CO)CC(O)C(n2ccc(=O)[nH]c2=O)O1. The van der Waals surface area contributed by atoms with E-state index < -0.39 is 36.0 Å². The van der Waals surface area contributed by atoms with Crippen LogP contribution in [0.3, 0.4) is 0 Å². The van der Waals surface area contributed by atoms with Crippen molar-refractivity contribution >= 4 is 0 Å². The van der Waals surface area contributed by atoms with Gasteiger partial charge in [0.15, 0.2) is 12.0 Å². The van der Waals surface area contributed by atoms with Gasteiger partial charge in [-0.1, -0.05) is 0 Å². The molecule has 0 aliphatic carbocycles. The van der Waals surface area contributed by atoms with Crippen molar-refractivity contribution in [3.63, 3.8) is 0 Å². The van der Waals surface area contributed by atoms with Crippen molar-refractivity contribution in [3.05, 3.63) is 33.1 Å². The summed E-state index contributed by atoms with van der Waals surface area (Å²) in [5, 5.41) is 19.5. The maximum absolute atomic E-state index is 11.7. The molecular formula is C12H18N2O6. The number of aliphatic hydroxyl groups is 2. The van der Waals surface area contributed by atoms with E-state index in [0.29, 0.717) is 0 Å². The largest absolute Gasteiger partial charge is 0.391 e. The van der Waals surface area contributed by atoms with Crippen molar-refractivity contribution < 1.29 is 19.7 Å². The van der Waals surface area contributed by atoms with Gasteiger partial charge in [-0.05, 0) is 13.8 Å². The normalized spacial score (nSPS) is 30.1. The van der Waals surface area contributed by atoms with Gasteiger partial charge in [-0.2, -0.15) is 0 Å². The van der Waals surface area contributed by atoms with E-state index in [1.165, 1.54) is 6.20 Å². The summed E-state index contributed by atoms with van der Waals surface area (Å²) in [7, 11) is 0. The van der Waals surface area contributed by atoms with Gasteiger partial charge in [-0.25, -0.2) is 4.79 Å². The second-order valence-corrected chi connectivity index (χ2v) is 5.03. The standard InChI is InChI=1S/C12H18N2O6/c1-7(2)19-12(6-15)5-8(16)10(20-12)14-4-3-9(17)13-11(14)18/h3-4,7-8,10,15-16H,5-6H2,1-2H3,(H,13,17,18). The molecule has 1 aliphatic rings. The van der Waals surface area contributed by atoms with Crippen LogP contribution in [0.5, 0.6) is 0 Å². The van der Waals surface area contributed by atoms with Gasteiger partial charge in [0.05, 0.1) is 12.7 Å². The monoisotopic (exact) mass is 286 g/mol. The quantitative estimate of drug-likeness (QED) is 0.649. The number of aliphatic hydroxyl groups excluding tert-OH is 2. The minimum atomic E-state index is -1.35. The predicted octanol–water partition coefficient (Wildman–Crippen LogP) is -1.07. The third-order valence-corrected chi connectivity index (χ3v) is 3.00. The maximum atomic E-state index is 11.7. The summed E-state index contributed by atoms with van der Waals surface area (Å²) in [5.74, 6) is -1.35. The highest BCUT2D eigenvalue weighted by Crippen LogP contribution is 2.37. The molecule has 0 amide bonds. The molecule has 3 N–H and O–H groups in total. The Morgan fingerprint density at radius 1 is 1.60 bits per heavy atom. The molecule has 8 heteroatoms. The van der Waals surface area contributed by atoms with Crippen molar-refractivity contribution in [3.8, 4) is 0 Å². The lowest BCUT2D eigenvalue weighted by Crippen LogP contribution is -2.40. The minimum Gasteiger partial charge on any atom is -0.391 e. The highest BCUT2D eigenvalue weighted by Gasteiger charge is 2.48. The minimum absolute atomic E-state index is 0.0257.